The summed E-state index contributed by atoms with van der Waals surface area (Å²) < 4.78 is 5.21. The molecule has 0 aromatic heterocycles. The van der Waals surface area contributed by atoms with Gasteiger partial charge in [-0.05, 0) is 55.8 Å². The van der Waals surface area contributed by atoms with Crippen LogP contribution in [0, 0.1) is 23.7 Å². The van der Waals surface area contributed by atoms with E-state index < -0.39 is 0 Å². The SMILES string of the molecule is CCC(=O)CCC1CCCC2C3CCC(OC=O)CC3=CCC12. The van der Waals surface area contributed by atoms with Gasteiger partial charge in [0.05, 0.1) is 0 Å². The van der Waals surface area contributed by atoms with Gasteiger partial charge in [0.1, 0.15) is 11.9 Å². The molecular formula is C20H30O3. The van der Waals surface area contributed by atoms with Crippen molar-refractivity contribution in [2.24, 2.45) is 23.7 Å². The molecule has 3 nitrogen and oxygen atoms in total. The van der Waals surface area contributed by atoms with E-state index in [1.54, 1.807) is 5.57 Å². The minimum absolute atomic E-state index is 0.105. The molecule has 0 aromatic carbocycles. The van der Waals surface area contributed by atoms with Crippen molar-refractivity contribution in [1.29, 1.82) is 0 Å². The number of hydrogen-bond donors (Lipinski definition) is 0. The number of ether oxygens (including phenoxy) is 1. The van der Waals surface area contributed by atoms with Crippen LogP contribution < -0.4 is 0 Å². The number of fused-ring (bicyclic) bond motifs is 3. The molecule has 3 aliphatic rings. The maximum absolute atomic E-state index is 11.7. The molecule has 0 amide bonds. The number of allylic oxidation sites excluding steroid dienone is 1. The number of carbonyl (C=O) groups excluding carboxylic acids is 2. The van der Waals surface area contributed by atoms with Gasteiger partial charge in [0, 0.05) is 19.3 Å². The summed E-state index contributed by atoms with van der Waals surface area (Å²) in [6.07, 6.45) is 13.4. The number of ketones is 1. The molecule has 0 heterocycles. The zero-order valence-corrected chi connectivity index (χ0v) is 14.3. The standard InChI is InChI=1S/C20H30O3/c1-2-16(22)8-6-14-4-3-5-20-18(14)10-7-15-12-17(23-13-21)9-11-19(15)20/h7,13-14,17-20H,2-6,8-12H2,1H3. The van der Waals surface area contributed by atoms with Gasteiger partial charge >= 0.3 is 0 Å². The highest BCUT2D eigenvalue weighted by Gasteiger charge is 2.42. The molecule has 3 aliphatic carbocycles. The fourth-order valence-electron chi connectivity index (χ4n) is 5.41. The first-order chi connectivity index (χ1) is 11.2. The third kappa shape index (κ3) is 3.70. The Morgan fingerprint density at radius 1 is 1.26 bits per heavy atom. The molecule has 3 rings (SSSR count). The second-order valence-electron chi connectivity index (χ2n) is 7.71. The van der Waals surface area contributed by atoms with Crippen LogP contribution in [-0.4, -0.2) is 18.4 Å². The number of Topliss-reactive ketones (excluding diaryl/α,β-unsaturated/α-hetero) is 1. The van der Waals surface area contributed by atoms with Crippen LogP contribution in [0.4, 0.5) is 0 Å². The summed E-state index contributed by atoms with van der Waals surface area (Å²) in [5.74, 6) is 3.47. The maximum Gasteiger partial charge on any atom is 0.293 e. The van der Waals surface area contributed by atoms with E-state index in [9.17, 15) is 9.59 Å². The van der Waals surface area contributed by atoms with Gasteiger partial charge in [-0.3, -0.25) is 9.59 Å². The van der Waals surface area contributed by atoms with Crippen molar-refractivity contribution >= 4 is 12.3 Å². The second-order valence-corrected chi connectivity index (χ2v) is 7.71. The van der Waals surface area contributed by atoms with E-state index in [1.165, 1.54) is 32.1 Å². The average molecular weight is 318 g/mol. The van der Waals surface area contributed by atoms with Gasteiger partial charge in [0.25, 0.3) is 6.47 Å². The highest BCUT2D eigenvalue weighted by atomic mass is 16.5. The first-order valence-electron chi connectivity index (χ1n) is 9.52. The summed E-state index contributed by atoms with van der Waals surface area (Å²) in [7, 11) is 0. The fraction of sp³-hybridized carbons (Fsp3) is 0.800. The molecule has 5 atom stereocenters. The molecule has 0 spiro atoms. The lowest BCUT2D eigenvalue weighted by atomic mass is 9.58. The summed E-state index contributed by atoms with van der Waals surface area (Å²) >= 11 is 0. The molecule has 23 heavy (non-hydrogen) atoms. The van der Waals surface area contributed by atoms with Crippen LogP contribution in [0.25, 0.3) is 0 Å². The Kier molecular flexibility index (Phi) is 5.55. The van der Waals surface area contributed by atoms with Gasteiger partial charge in [-0.1, -0.05) is 31.4 Å². The van der Waals surface area contributed by atoms with Crippen molar-refractivity contribution in [1.82, 2.24) is 0 Å². The van der Waals surface area contributed by atoms with Crippen LogP contribution in [0.1, 0.15) is 71.1 Å². The van der Waals surface area contributed by atoms with Crippen LogP contribution in [0.3, 0.4) is 0 Å². The van der Waals surface area contributed by atoms with E-state index in [0.29, 0.717) is 24.6 Å². The predicted molar refractivity (Wildman–Crippen MR) is 89.8 cm³/mol. The Morgan fingerprint density at radius 3 is 2.91 bits per heavy atom. The molecule has 0 bridgehead atoms. The summed E-state index contributed by atoms with van der Waals surface area (Å²) in [6.45, 7) is 2.58. The van der Waals surface area contributed by atoms with E-state index in [0.717, 1.165) is 43.4 Å². The van der Waals surface area contributed by atoms with Crippen molar-refractivity contribution in [2.75, 3.05) is 0 Å². The van der Waals surface area contributed by atoms with Gasteiger partial charge in [0.2, 0.25) is 0 Å². The number of carbonyl (C=O) groups is 2. The zero-order valence-electron chi connectivity index (χ0n) is 14.3. The summed E-state index contributed by atoms with van der Waals surface area (Å²) in [5.41, 5.74) is 1.55. The van der Waals surface area contributed by atoms with Crippen LogP contribution in [-0.2, 0) is 14.3 Å². The van der Waals surface area contributed by atoms with E-state index in [4.69, 9.17) is 4.74 Å². The van der Waals surface area contributed by atoms with Crippen LogP contribution in [0.5, 0.6) is 0 Å². The number of rotatable bonds is 6. The van der Waals surface area contributed by atoms with Gasteiger partial charge in [-0.15, -0.1) is 0 Å². The van der Waals surface area contributed by atoms with E-state index in [1.807, 2.05) is 6.92 Å². The minimum Gasteiger partial charge on any atom is -0.464 e. The summed E-state index contributed by atoms with van der Waals surface area (Å²) in [6, 6.07) is 0. The molecule has 128 valence electrons. The van der Waals surface area contributed by atoms with E-state index >= 15 is 0 Å². The largest absolute Gasteiger partial charge is 0.464 e. The Labute approximate surface area is 139 Å². The van der Waals surface area contributed by atoms with Gasteiger partial charge in [-0.25, -0.2) is 0 Å². The van der Waals surface area contributed by atoms with Crippen molar-refractivity contribution in [3.8, 4) is 0 Å². The lowest BCUT2D eigenvalue weighted by Gasteiger charge is -2.48. The quantitative estimate of drug-likeness (QED) is 0.537. The third-order valence-corrected chi connectivity index (χ3v) is 6.61. The van der Waals surface area contributed by atoms with Crippen molar-refractivity contribution < 1.29 is 14.3 Å². The Bertz CT molecular complexity index is 468. The second kappa shape index (κ2) is 7.63. The monoisotopic (exact) mass is 318 g/mol. The smallest absolute Gasteiger partial charge is 0.293 e. The molecule has 0 aromatic rings. The van der Waals surface area contributed by atoms with E-state index in [-0.39, 0.29) is 6.10 Å². The zero-order chi connectivity index (χ0) is 16.2. The molecule has 2 saturated carbocycles. The molecule has 3 heteroatoms. The maximum atomic E-state index is 11.7. The van der Waals surface area contributed by atoms with E-state index in [2.05, 4.69) is 6.08 Å². The van der Waals surface area contributed by atoms with Crippen molar-refractivity contribution in [3.05, 3.63) is 11.6 Å². The minimum atomic E-state index is 0.105. The predicted octanol–water partition coefficient (Wildman–Crippen LogP) is 4.45. The molecular weight excluding hydrogens is 288 g/mol. The lowest BCUT2D eigenvalue weighted by molar-refractivity contribution is -0.134. The van der Waals surface area contributed by atoms with Gasteiger partial charge in [-0.2, -0.15) is 0 Å². The Morgan fingerprint density at radius 2 is 2.13 bits per heavy atom. The highest BCUT2D eigenvalue weighted by molar-refractivity contribution is 5.77. The molecule has 5 unspecified atom stereocenters. The van der Waals surface area contributed by atoms with Crippen molar-refractivity contribution in [2.45, 2.75) is 77.2 Å². The fourth-order valence-corrected chi connectivity index (χ4v) is 5.41. The lowest BCUT2D eigenvalue weighted by Crippen LogP contribution is -2.39. The first-order valence-corrected chi connectivity index (χ1v) is 9.52. The number of hydrogen-bond acceptors (Lipinski definition) is 3. The Hall–Kier alpha value is -1.12. The highest BCUT2D eigenvalue weighted by Crippen LogP contribution is 2.51. The average Bonchev–Trinajstić information content (AvgIpc) is 2.59. The third-order valence-electron chi connectivity index (χ3n) is 6.61. The first kappa shape index (κ1) is 16.7. The van der Waals surface area contributed by atoms with Crippen molar-refractivity contribution in [3.63, 3.8) is 0 Å². The molecule has 0 N–H and O–H groups in total. The van der Waals surface area contributed by atoms with Crippen LogP contribution in [0.15, 0.2) is 11.6 Å². The molecule has 0 saturated heterocycles. The molecule has 0 radical (unpaired) electrons. The summed E-state index contributed by atoms with van der Waals surface area (Å²) in [5, 5.41) is 0. The summed E-state index contributed by atoms with van der Waals surface area (Å²) in [4.78, 5) is 22.3. The Balaban J connectivity index is 1.65. The molecule has 2 fully saturated rings. The van der Waals surface area contributed by atoms with Gasteiger partial charge in [0.15, 0.2) is 0 Å². The topological polar surface area (TPSA) is 43.4 Å². The van der Waals surface area contributed by atoms with Crippen LogP contribution >= 0.6 is 0 Å². The normalized spacial score (nSPS) is 36.4. The molecule has 0 aliphatic heterocycles. The van der Waals surface area contributed by atoms with Gasteiger partial charge < -0.3 is 4.74 Å². The van der Waals surface area contributed by atoms with Crippen LogP contribution in [0.2, 0.25) is 0 Å².